The number of hydrogen-bond donors (Lipinski definition) is 2. The molecule has 1 atom stereocenters. The maximum Gasteiger partial charge on any atom is 0.348 e. The fourth-order valence-electron chi connectivity index (χ4n) is 0.682. The number of carbonyl (C=O) groups is 2. The highest BCUT2D eigenvalue weighted by molar-refractivity contribution is 5.78. The van der Waals surface area contributed by atoms with Gasteiger partial charge in [-0.3, -0.25) is 4.79 Å². The van der Waals surface area contributed by atoms with Gasteiger partial charge in [0.1, 0.15) is 6.04 Å². The SMILES string of the molecule is CCC(NC)C(=O)ONC(C)=O. The highest BCUT2D eigenvalue weighted by Crippen LogP contribution is 1.91. The Kier molecular flexibility index (Phi) is 5.03. The monoisotopic (exact) mass is 174 g/mol. The van der Waals surface area contributed by atoms with Gasteiger partial charge in [-0.2, -0.15) is 5.48 Å². The van der Waals surface area contributed by atoms with E-state index in [9.17, 15) is 9.59 Å². The van der Waals surface area contributed by atoms with Crippen LogP contribution in [0.4, 0.5) is 0 Å². The Balaban J connectivity index is 3.77. The molecule has 0 bridgehead atoms. The molecule has 0 fully saturated rings. The molecule has 0 heterocycles. The van der Waals surface area contributed by atoms with Crippen LogP contribution in [0.25, 0.3) is 0 Å². The van der Waals surface area contributed by atoms with Crippen LogP contribution in [0.1, 0.15) is 20.3 Å². The lowest BCUT2D eigenvalue weighted by atomic mass is 10.2. The van der Waals surface area contributed by atoms with Gasteiger partial charge in [0.05, 0.1) is 0 Å². The highest BCUT2D eigenvalue weighted by Gasteiger charge is 2.15. The fourth-order valence-corrected chi connectivity index (χ4v) is 0.682. The molecule has 0 radical (unpaired) electrons. The summed E-state index contributed by atoms with van der Waals surface area (Å²) in [6, 6.07) is -0.364. The average Bonchev–Trinajstić information content (AvgIpc) is 2.03. The molecular formula is C7H14N2O3. The van der Waals surface area contributed by atoms with Crippen LogP contribution in [0, 0.1) is 0 Å². The number of carbonyl (C=O) groups excluding carboxylic acids is 2. The summed E-state index contributed by atoms with van der Waals surface area (Å²) < 4.78 is 0. The summed E-state index contributed by atoms with van der Waals surface area (Å²) in [5.74, 6) is -0.871. The Morgan fingerprint density at radius 2 is 2.08 bits per heavy atom. The van der Waals surface area contributed by atoms with Gasteiger partial charge in [-0.05, 0) is 13.5 Å². The largest absolute Gasteiger partial charge is 0.348 e. The molecule has 0 saturated heterocycles. The zero-order valence-electron chi connectivity index (χ0n) is 7.51. The van der Waals surface area contributed by atoms with E-state index in [2.05, 4.69) is 10.2 Å². The van der Waals surface area contributed by atoms with Crippen LogP contribution < -0.4 is 10.8 Å². The summed E-state index contributed by atoms with van der Waals surface area (Å²) >= 11 is 0. The molecule has 0 aromatic rings. The van der Waals surface area contributed by atoms with Crippen LogP contribution in [0.2, 0.25) is 0 Å². The first-order valence-corrected chi connectivity index (χ1v) is 3.76. The first-order valence-electron chi connectivity index (χ1n) is 3.76. The standard InChI is InChI=1S/C7H14N2O3/c1-4-6(8-3)7(11)12-9-5(2)10/h6,8H,4H2,1-3H3,(H,9,10). The lowest BCUT2D eigenvalue weighted by molar-refractivity contribution is -0.159. The van der Waals surface area contributed by atoms with E-state index >= 15 is 0 Å². The van der Waals surface area contributed by atoms with E-state index in [1.807, 2.05) is 12.4 Å². The normalized spacial score (nSPS) is 11.9. The molecule has 0 aliphatic heterocycles. The van der Waals surface area contributed by atoms with Gasteiger partial charge in [-0.1, -0.05) is 6.92 Å². The molecule has 12 heavy (non-hydrogen) atoms. The van der Waals surface area contributed by atoms with E-state index in [-0.39, 0.29) is 6.04 Å². The zero-order valence-corrected chi connectivity index (χ0v) is 7.51. The molecule has 0 aliphatic carbocycles. The van der Waals surface area contributed by atoms with Gasteiger partial charge in [0, 0.05) is 6.92 Å². The van der Waals surface area contributed by atoms with Gasteiger partial charge in [0.25, 0.3) is 0 Å². The van der Waals surface area contributed by atoms with Crippen molar-refractivity contribution < 1.29 is 14.4 Å². The van der Waals surface area contributed by atoms with Crippen molar-refractivity contribution in [1.82, 2.24) is 10.8 Å². The molecule has 5 heteroatoms. The number of amides is 1. The van der Waals surface area contributed by atoms with Crippen molar-refractivity contribution in [3.63, 3.8) is 0 Å². The molecule has 0 rings (SSSR count). The van der Waals surface area contributed by atoms with Crippen molar-refractivity contribution in [1.29, 1.82) is 0 Å². The summed E-state index contributed by atoms with van der Waals surface area (Å²) in [5.41, 5.74) is 1.97. The lowest BCUT2D eigenvalue weighted by Crippen LogP contribution is -2.38. The maximum absolute atomic E-state index is 11.0. The summed E-state index contributed by atoms with van der Waals surface area (Å²) in [6.07, 6.45) is 0.620. The lowest BCUT2D eigenvalue weighted by Gasteiger charge is -2.11. The number of rotatable bonds is 3. The van der Waals surface area contributed by atoms with Crippen LogP contribution in [-0.2, 0) is 14.4 Å². The molecule has 1 unspecified atom stereocenters. The number of hydrogen-bond acceptors (Lipinski definition) is 4. The van der Waals surface area contributed by atoms with Crippen molar-refractivity contribution in [2.45, 2.75) is 26.3 Å². The Labute approximate surface area is 71.4 Å². The Morgan fingerprint density at radius 1 is 1.50 bits per heavy atom. The van der Waals surface area contributed by atoms with Crippen molar-refractivity contribution >= 4 is 11.9 Å². The second-order valence-corrected chi connectivity index (χ2v) is 2.33. The minimum absolute atomic E-state index is 0.364. The van der Waals surface area contributed by atoms with Gasteiger partial charge >= 0.3 is 5.97 Å². The van der Waals surface area contributed by atoms with Gasteiger partial charge < -0.3 is 10.2 Å². The minimum atomic E-state index is -0.477. The summed E-state index contributed by atoms with van der Waals surface area (Å²) in [5, 5.41) is 2.75. The predicted octanol–water partition coefficient (Wildman–Crippen LogP) is -0.421. The fraction of sp³-hybridized carbons (Fsp3) is 0.714. The summed E-state index contributed by atoms with van der Waals surface area (Å²) in [7, 11) is 1.66. The van der Waals surface area contributed by atoms with Crippen LogP contribution in [-0.4, -0.2) is 25.0 Å². The van der Waals surface area contributed by atoms with E-state index in [4.69, 9.17) is 0 Å². The Bertz CT molecular complexity index is 166. The van der Waals surface area contributed by atoms with Gasteiger partial charge in [-0.25, -0.2) is 4.79 Å². The minimum Gasteiger partial charge on any atom is -0.339 e. The topological polar surface area (TPSA) is 67.4 Å². The summed E-state index contributed by atoms with van der Waals surface area (Å²) in [6.45, 7) is 3.11. The van der Waals surface area contributed by atoms with Crippen LogP contribution >= 0.6 is 0 Å². The third-order valence-electron chi connectivity index (χ3n) is 1.34. The molecule has 0 aromatic heterocycles. The van der Waals surface area contributed by atoms with Gasteiger partial charge in [0.15, 0.2) is 0 Å². The second-order valence-electron chi connectivity index (χ2n) is 2.33. The van der Waals surface area contributed by atoms with Gasteiger partial charge in [0.2, 0.25) is 5.91 Å². The molecule has 0 spiro atoms. The van der Waals surface area contributed by atoms with Crippen LogP contribution in [0.3, 0.4) is 0 Å². The number of nitrogens with one attached hydrogen (secondary N) is 2. The molecule has 0 aromatic carbocycles. The first kappa shape index (κ1) is 10.9. The van der Waals surface area contributed by atoms with Crippen molar-refractivity contribution in [2.75, 3.05) is 7.05 Å². The third kappa shape index (κ3) is 3.92. The van der Waals surface area contributed by atoms with E-state index in [0.29, 0.717) is 6.42 Å². The molecule has 1 amide bonds. The number of hydroxylamine groups is 1. The molecule has 2 N–H and O–H groups in total. The highest BCUT2D eigenvalue weighted by atomic mass is 16.7. The van der Waals surface area contributed by atoms with Crippen molar-refractivity contribution in [2.24, 2.45) is 0 Å². The molecule has 70 valence electrons. The smallest absolute Gasteiger partial charge is 0.339 e. The molecular weight excluding hydrogens is 160 g/mol. The predicted molar refractivity (Wildman–Crippen MR) is 43.0 cm³/mol. The maximum atomic E-state index is 11.0. The summed E-state index contributed by atoms with van der Waals surface area (Å²) in [4.78, 5) is 25.8. The van der Waals surface area contributed by atoms with Crippen molar-refractivity contribution in [3.8, 4) is 0 Å². The molecule has 0 saturated carbocycles. The van der Waals surface area contributed by atoms with Crippen LogP contribution in [0.5, 0.6) is 0 Å². The first-order chi connectivity index (χ1) is 5.61. The van der Waals surface area contributed by atoms with E-state index in [0.717, 1.165) is 0 Å². The van der Waals surface area contributed by atoms with E-state index in [1.54, 1.807) is 7.05 Å². The van der Waals surface area contributed by atoms with E-state index < -0.39 is 11.9 Å². The average molecular weight is 174 g/mol. The number of likely N-dealkylation sites (N-methyl/N-ethyl adjacent to an activating group) is 1. The Morgan fingerprint density at radius 3 is 2.42 bits per heavy atom. The third-order valence-corrected chi connectivity index (χ3v) is 1.34. The van der Waals surface area contributed by atoms with Crippen LogP contribution in [0.15, 0.2) is 0 Å². The molecule has 5 nitrogen and oxygen atoms in total. The quantitative estimate of drug-likeness (QED) is 0.570. The zero-order chi connectivity index (χ0) is 9.56. The van der Waals surface area contributed by atoms with Gasteiger partial charge in [-0.15, -0.1) is 0 Å². The second kappa shape index (κ2) is 5.54. The Hall–Kier alpha value is -1.10. The molecule has 0 aliphatic rings. The van der Waals surface area contributed by atoms with Crippen molar-refractivity contribution in [3.05, 3.63) is 0 Å². The van der Waals surface area contributed by atoms with E-state index in [1.165, 1.54) is 6.92 Å².